The van der Waals surface area contributed by atoms with Crippen LogP contribution in [0.1, 0.15) is 87.7 Å². The summed E-state index contributed by atoms with van der Waals surface area (Å²) in [6.07, 6.45) is 4.55. The Morgan fingerprint density at radius 1 is 0.667 bits per heavy atom. The van der Waals surface area contributed by atoms with Crippen LogP contribution in [0.4, 0.5) is 0 Å². The zero-order chi connectivity index (χ0) is 30.7. The molecule has 0 saturated carbocycles. The highest BCUT2D eigenvalue weighted by Gasteiger charge is 2.18. The molecule has 0 atom stereocenters. The minimum Gasteiger partial charge on any atom is -0.496 e. The fraction of sp³-hybridized carbons (Fsp3) is 0.545. The zero-order valence-electron chi connectivity index (χ0n) is 25.8. The van der Waals surface area contributed by atoms with Crippen molar-refractivity contribution in [3.8, 4) is 23.0 Å². The molecule has 0 unspecified atom stereocenters. The van der Waals surface area contributed by atoms with Crippen LogP contribution in [-0.2, 0) is 31.9 Å². The molecule has 0 aliphatic carbocycles. The van der Waals surface area contributed by atoms with E-state index in [1.807, 2.05) is 24.3 Å². The SMILES string of the molecule is CCCc1c(OCCCOc2cccc(OCCCCC(=O)OCC)c2CCC(=O)OCC)ccc(C(C)=O)c1OC. The first kappa shape index (κ1) is 34.5. The average molecular weight is 587 g/mol. The van der Waals surface area contributed by atoms with Crippen molar-refractivity contribution in [2.75, 3.05) is 40.1 Å². The Balaban J connectivity index is 2.02. The molecule has 0 N–H and O–H groups in total. The molecule has 0 spiro atoms. The largest absolute Gasteiger partial charge is 0.496 e. The van der Waals surface area contributed by atoms with Crippen molar-refractivity contribution in [2.45, 2.75) is 79.1 Å². The van der Waals surface area contributed by atoms with E-state index < -0.39 is 0 Å². The molecule has 42 heavy (non-hydrogen) atoms. The molecule has 0 aliphatic rings. The molecule has 0 saturated heterocycles. The fourth-order valence-corrected chi connectivity index (χ4v) is 4.47. The highest BCUT2D eigenvalue weighted by atomic mass is 16.5. The summed E-state index contributed by atoms with van der Waals surface area (Å²) in [6, 6.07) is 9.14. The Bertz CT molecular complexity index is 1140. The van der Waals surface area contributed by atoms with Crippen LogP contribution in [-0.4, -0.2) is 57.9 Å². The van der Waals surface area contributed by atoms with Gasteiger partial charge in [0, 0.05) is 30.4 Å². The first-order chi connectivity index (χ1) is 20.4. The van der Waals surface area contributed by atoms with E-state index in [2.05, 4.69) is 6.92 Å². The molecule has 2 aromatic carbocycles. The summed E-state index contributed by atoms with van der Waals surface area (Å²) in [5, 5.41) is 0. The number of ketones is 1. The van der Waals surface area contributed by atoms with Crippen molar-refractivity contribution >= 4 is 17.7 Å². The number of esters is 2. The molecular formula is C33H46O9. The first-order valence-electron chi connectivity index (χ1n) is 14.9. The Morgan fingerprint density at radius 3 is 1.79 bits per heavy atom. The Morgan fingerprint density at radius 2 is 1.24 bits per heavy atom. The van der Waals surface area contributed by atoms with Crippen molar-refractivity contribution in [1.29, 1.82) is 0 Å². The molecule has 9 nitrogen and oxygen atoms in total. The fourth-order valence-electron chi connectivity index (χ4n) is 4.47. The van der Waals surface area contributed by atoms with Crippen LogP contribution < -0.4 is 18.9 Å². The van der Waals surface area contributed by atoms with Gasteiger partial charge in [0.25, 0.3) is 0 Å². The van der Waals surface area contributed by atoms with Gasteiger partial charge in [-0.05, 0) is 70.7 Å². The van der Waals surface area contributed by atoms with E-state index in [1.165, 1.54) is 6.92 Å². The summed E-state index contributed by atoms with van der Waals surface area (Å²) in [7, 11) is 1.57. The van der Waals surface area contributed by atoms with E-state index >= 15 is 0 Å². The smallest absolute Gasteiger partial charge is 0.306 e. The van der Waals surface area contributed by atoms with Gasteiger partial charge in [0.15, 0.2) is 5.78 Å². The zero-order valence-corrected chi connectivity index (χ0v) is 25.8. The van der Waals surface area contributed by atoms with Crippen molar-refractivity contribution in [3.63, 3.8) is 0 Å². The van der Waals surface area contributed by atoms with E-state index in [1.54, 1.807) is 27.0 Å². The molecule has 0 fully saturated rings. The number of hydrogen-bond donors (Lipinski definition) is 0. The number of Topliss-reactive ketones (excluding diaryl/α,β-unsaturated/α-hetero) is 1. The molecule has 0 heterocycles. The summed E-state index contributed by atoms with van der Waals surface area (Å²) in [4.78, 5) is 35.7. The Hall–Kier alpha value is -3.75. The van der Waals surface area contributed by atoms with Gasteiger partial charge in [-0.3, -0.25) is 14.4 Å². The van der Waals surface area contributed by atoms with Gasteiger partial charge in [0.2, 0.25) is 0 Å². The molecule has 0 aromatic heterocycles. The molecule has 9 heteroatoms. The number of carbonyl (C=O) groups is 3. The third kappa shape index (κ3) is 11.3. The van der Waals surface area contributed by atoms with Crippen LogP contribution in [0.3, 0.4) is 0 Å². The summed E-state index contributed by atoms with van der Waals surface area (Å²) in [5.74, 6) is 2.02. The van der Waals surface area contributed by atoms with Gasteiger partial charge in [-0.15, -0.1) is 0 Å². The summed E-state index contributed by atoms with van der Waals surface area (Å²) >= 11 is 0. The topological polar surface area (TPSA) is 107 Å². The lowest BCUT2D eigenvalue weighted by molar-refractivity contribution is -0.144. The lowest BCUT2D eigenvalue weighted by Crippen LogP contribution is -2.11. The van der Waals surface area contributed by atoms with Crippen molar-refractivity contribution in [2.24, 2.45) is 0 Å². The van der Waals surface area contributed by atoms with Gasteiger partial charge in [-0.2, -0.15) is 0 Å². The molecule has 0 bridgehead atoms. The highest BCUT2D eigenvalue weighted by Crippen LogP contribution is 2.34. The molecule has 232 valence electrons. The van der Waals surface area contributed by atoms with Gasteiger partial charge >= 0.3 is 11.9 Å². The molecule has 0 aliphatic heterocycles. The Kier molecular flexibility index (Phi) is 15.9. The van der Waals surface area contributed by atoms with Crippen LogP contribution in [0.15, 0.2) is 30.3 Å². The molecule has 0 radical (unpaired) electrons. The minimum absolute atomic E-state index is 0.0502. The summed E-state index contributed by atoms with van der Waals surface area (Å²) in [5.41, 5.74) is 2.24. The van der Waals surface area contributed by atoms with Gasteiger partial charge in [-0.25, -0.2) is 0 Å². The van der Waals surface area contributed by atoms with Crippen molar-refractivity contribution < 1.29 is 42.8 Å². The van der Waals surface area contributed by atoms with Crippen LogP contribution in [0.2, 0.25) is 0 Å². The van der Waals surface area contributed by atoms with Crippen molar-refractivity contribution in [1.82, 2.24) is 0 Å². The second-order valence-electron chi connectivity index (χ2n) is 9.63. The predicted molar refractivity (Wildman–Crippen MR) is 160 cm³/mol. The highest BCUT2D eigenvalue weighted by molar-refractivity contribution is 5.97. The standard InChI is InChI=1S/C33H46O9/c1-6-13-27-30(19-17-25(24(4)34)33(27)37-5)42-23-12-22-41-29-15-11-14-28(26(29)18-20-32(36)39-8-3)40-21-10-9-16-31(35)38-7-2/h11,14-15,17,19H,6-10,12-13,16,18,20-23H2,1-5H3. The third-order valence-corrected chi connectivity index (χ3v) is 6.42. The van der Waals surface area contributed by atoms with E-state index in [0.29, 0.717) is 93.7 Å². The number of methoxy groups -OCH3 is 1. The maximum atomic E-state index is 12.1. The van der Waals surface area contributed by atoms with Crippen LogP contribution in [0, 0.1) is 0 Å². The van der Waals surface area contributed by atoms with Crippen LogP contribution in [0.5, 0.6) is 23.0 Å². The van der Waals surface area contributed by atoms with Crippen LogP contribution >= 0.6 is 0 Å². The van der Waals surface area contributed by atoms with E-state index in [9.17, 15) is 14.4 Å². The molecule has 0 amide bonds. The van der Waals surface area contributed by atoms with Crippen LogP contribution in [0.25, 0.3) is 0 Å². The second kappa shape index (κ2) is 19.4. The quantitative estimate of drug-likeness (QED) is 0.0945. The average Bonchev–Trinajstić information content (AvgIpc) is 2.97. The summed E-state index contributed by atoms with van der Waals surface area (Å²) < 4.78 is 33.9. The monoisotopic (exact) mass is 586 g/mol. The van der Waals surface area contributed by atoms with E-state index in [4.69, 9.17) is 28.4 Å². The van der Waals surface area contributed by atoms with Gasteiger partial charge in [-0.1, -0.05) is 19.4 Å². The molecular weight excluding hydrogens is 540 g/mol. The van der Waals surface area contributed by atoms with E-state index in [-0.39, 0.29) is 24.1 Å². The van der Waals surface area contributed by atoms with Gasteiger partial charge in [0.1, 0.15) is 23.0 Å². The molecule has 2 aromatic rings. The van der Waals surface area contributed by atoms with Gasteiger partial charge in [0.05, 0.1) is 45.7 Å². The maximum absolute atomic E-state index is 12.1. The number of carbonyl (C=O) groups excluding carboxylic acids is 3. The lowest BCUT2D eigenvalue weighted by atomic mass is 10.0. The number of ether oxygens (including phenoxy) is 6. The molecule has 2 rings (SSSR count). The number of hydrogen-bond acceptors (Lipinski definition) is 9. The summed E-state index contributed by atoms with van der Waals surface area (Å²) in [6.45, 7) is 9.09. The van der Waals surface area contributed by atoms with Gasteiger partial charge < -0.3 is 28.4 Å². The second-order valence-corrected chi connectivity index (χ2v) is 9.63. The van der Waals surface area contributed by atoms with E-state index in [0.717, 1.165) is 24.0 Å². The number of benzene rings is 2. The van der Waals surface area contributed by atoms with Crippen molar-refractivity contribution in [3.05, 3.63) is 47.0 Å². The first-order valence-corrected chi connectivity index (χ1v) is 14.9. The maximum Gasteiger partial charge on any atom is 0.306 e. The number of rotatable bonds is 21. The Labute approximate surface area is 249 Å². The third-order valence-electron chi connectivity index (χ3n) is 6.42. The minimum atomic E-state index is -0.282. The normalized spacial score (nSPS) is 10.6. The predicted octanol–water partition coefficient (Wildman–Crippen LogP) is 6.31. The number of unbranched alkanes of at least 4 members (excludes halogenated alkanes) is 1. The lowest BCUT2D eigenvalue weighted by Gasteiger charge is -2.18.